The van der Waals surface area contributed by atoms with Crippen LogP contribution in [0.5, 0.6) is 11.5 Å². The molecule has 4 rings (SSSR count). The molecule has 35 heavy (non-hydrogen) atoms. The van der Waals surface area contributed by atoms with Gasteiger partial charge in [-0.25, -0.2) is 4.98 Å². The zero-order valence-electron chi connectivity index (χ0n) is 20.6. The molecule has 0 saturated carbocycles. The van der Waals surface area contributed by atoms with Crippen LogP contribution in [0, 0.1) is 18.8 Å². The van der Waals surface area contributed by atoms with E-state index < -0.39 is 0 Å². The molecule has 1 aliphatic heterocycles. The number of rotatable bonds is 6. The number of methoxy groups -OCH3 is 2. The van der Waals surface area contributed by atoms with Crippen LogP contribution in [0.2, 0.25) is 0 Å². The number of nitrogens with zero attached hydrogens (tertiary/aromatic N) is 3. The number of hydrogen-bond acceptors (Lipinski definition) is 7. The van der Waals surface area contributed by atoms with Crippen molar-refractivity contribution >= 4 is 39.1 Å². The predicted octanol–water partition coefficient (Wildman–Crippen LogP) is 3.54. The lowest BCUT2D eigenvalue weighted by Crippen LogP contribution is -2.44. The van der Waals surface area contributed by atoms with Crippen molar-refractivity contribution in [3.63, 3.8) is 0 Å². The number of piperidine rings is 1. The molecule has 1 aromatic carbocycles. The van der Waals surface area contributed by atoms with E-state index in [-0.39, 0.29) is 23.9 Å². The van der Waals surface area contributed by atoms with Crippen molar-refractivity contribution in [1.29, 1.82) is 0 Å². The quantitative estimate of drug-likeness (QED) is 0.558. The van der Waals surface area contributed by atoms with E-state index in [1.165, 1.54) is 18.0 Å². The summed E-state index contributed by atoms with van der Waals surface area (Å²) in [6.07, 6.45) is 2.49. The van der Waals surface area contributed by atoms with Crippen LogP contribution in [-0.2, 0) is 11.3 Å². The number of likely N-dealkylation sites (tertiary alicyclic amines) is 1. The van der Waals surface area contributed by atoms with Crippen molar-refractivity contribution in [2.24, 2.45) is 11.8 Å². The van der Waals surface area contributed by atoms with Crippen molar-refractivity contribution in [1.82, 2.24) is 14.5 Å². The van der Waals surface area contributed by atoms with Crippen LogP contribution in [0.25, 0.3) is 10.2 Å². The molecular formula is C25H30N4O5S. The molecule has 2 atom stereocenters. The summed E-state index contributed by atoms with van der Waals surface area (Å²) in [4.78, 5) is 46.3. The zero-order chi connectivity index (χ0) is 25.3. The summed E-state index contributed by atoms with van der Waals surface area (Å²) in [5, 5.41) is 3.20. The van der Waals surface area contributed by atoms with Gasteiger partial charge in [-0.15, -0.1) is 11.3 Å². The number of aryl methyl sites for hydroxylation is 1. The van der Waals surface area contributed by atoms with E-state index >= 15 is 0 Å². The van der Waals surface area contributed by atoms with Crippen molar-refractivity contribution in [2.75, 3.05) is 32.6 Å². The van der Waals surface area contributed by atoms with E-state index in [1.807, 2.05) is 4.90 Å². The Morgan fingerprint density at radius 3 is 2.54 bits per heavy atom. The second kappa shape index (κ2) is 10.1. The van der Waals surface area contributed by atoms with Crippen LogP contribution in [0.4, 0.5) is 5.69 Å². The number of carbonyl (C=O) groups is 2. The average Bonchev–Trinajstić information content (AvgIpc) is 3.17. The van der Waals surface area contributed by atoms with Crippen LogP contribution in [0.1, 0.15) is 35.5 Å². The van der Waals surface area contributed by atoms with Gasteiger partial charge in [-0.05, 0) is 42.9 Å². The summed E-state index contributed by atoms with van der Waals surface area (Å²) in [7, 11) is 3.06. The Morgan fingerprint density at radius 1 is 1.17 bits per heavy atom. The minimum atomic E-state index is -0.368. The highest BCUT2D eigenvalue weighted by Crippen LogP contribution is 2.32. The summed E-state index contributed by atoms with van der Waals surface area (Å²) in [5.41, 5.74) is 0.696. The maximum absolute atomic E-state index is 13.3. The molecule has 2 aromatic heterocycles. The number of carbonyl (C=O) groups excluding carboxylic acids is 2. The smallest absolute Gasteiger partial charge is 0.266 e. The number of benzene rings is 1. The molecule has 186 valence electrons. The van der Waals surface area contributed by atoms with E-state index in [9.17, 15) is 14.4 Å². The monoisotopic (exact) mass is 498 g/mol. The largest absolute Gasteiger partial charge is 0.497 e. The van der Waals surface area contributed by atoms with Crippen molar-refractivity contribution in [3.8, 4) is 11.5 Å². The lowest BCUT2D eigenvalue weighted by molar-refractivity contribution is -0.134. The van der Waals surface area contributed by atoms with Gasteiger partial charge in [-0.2, -0.15) is 0 Å². The van der Waals surface area contributed by atoms with Crippen LogP contribution in [0.3, 0.4) is 0 Å². The number of hydrogen-bond donors (Lipinski definition) is 1. The van der Waals surface area contributed by atoms with E-state index in [1.54, 1.807) is 32.2 Å². The number of nitrogens with one attached hydrogen (secondary N) is 1. The van der Waals surface area contributed by atoms with Crippen LogP contribution < -0.4 is 20.3 Å². The normalized spacial score (nSPS) is 17.9. The van der Waals surface area contributed by atoms with Crippen molar-refractivity contribution in [2.45, 2.75) is 33.7 Å². The highest BCUT2D eigenvalue weighted by Gasteiger charge is 2.26. The Balaban J connectivity index is 1.59. The molecule has 1 saturated heterocycles. The van der Waals surface area contributed by atoms with Gasteiger partial charge in [0.05, 0.1) is 36.5 Å². The molecule has 1 aliphatic rings. The molecule has 1 fully saturated rings. The fraction of sp³-hybridized carbons (Fsp3) is 0.440. The minimum Gasteiger partial charge on any atom is -0.497 e. The molecule has 9 nitrogen and oxygen atoms in total. The first-order valence-corrected chi connectivity index (χ1v) is 12.3. The number of amides is 2. The first kappa shape index (κ1) is 24.7. The minimum absolute atomic E-state index is 0.0684. The van der Waals surface area contributed by atoms with E-state index in [2.05, 4.69) is 24.1 Å². The second-order valence-electron chi connectivity index (χ2n) is 9.18. The Bertz CT molecular complexity index is 1320. The maximum Gasteiger partial charge on any atom is 0.266 e. The van der Waals surface area contributed by atoms with Gasteiger partial charge >= 0.3 is 0 Å². The molecule has 0 spiro atoms. The Labute approximate surface area is 207 Å². The lowest BCUT2D eigenvalue weighted by Gasteiger charge is -2.35. The number of aromatic nitrogens is 2. The molecule has 1 N–H and O–H groups in total. The Hall–Kier alpha value is -3.40. The standard InChI is InChI=1S/C25H30N4O5S/c1-14-8-15(2)11-28(10-14)20(30)12-29-13-26-24-21(25(29)32)16(3)22(35-24)23(31)27-18-7-6-17(33-4)9-19(18)34-5/h6-7,9,13-15H,8,10-12H2,1-5H3,(H,27,31)/t14-,15-/m1/s1. The number of anilines is 1. The highest BCUT2D eigenvalue weighted by atomic mass is 32.1. The second-order valence-corrected chi connectivity index (χ2v) is 10.2. The van der Waals surface area contributed by atoms with Gasteiger partial charge in [-0.3, -0.25) is 19.0 Å². The van der Waals surface area contributed by atoms with Gasteiger partial charge in [0.1, 0.15) is 22.9 Å². The summed E-state index contributed by atoms with van der Waals surface area (Å²) in [6.45, 7) is 7.33. The van der Waals surface area contributed by atoms with Gasteiger partial charge in [0.2, 0.25) is 5.91 Å². The molecule has 10 heteroatoms. The van der Waals surface area contributed by atoms with Gasteiger partial charge in [-0.1, -0.05) is 13.8 Å². The summed E-state index contributed by atoms with van der Waals surface area (Å²) < 4.78 is 11.9. The van der Waals surface area contributed by atoms with Crippen molar-refractivity contribution in [3.05, 3.63) is 45.3 Å². The van der Waals surface area contributed by atoms with Crippen LogP contribution in [-0.4, -0.2) is 53.6 Å². The number of thiophene rings is 1. The molecule has 3 aromatic rings. The molecule has 0 unspecified atom stereocenters. The molecule has 0 bridgehead atoms. The SMILES string of the molecule is COc1ccc(NC(=O)c2sc3ncn(CC(=O)N4C[C@H](C)C[C@@H](C)C4)c(=O)c3c2C)c(OC)c1. The Morgan fingerprint density at radius 2 is 1.89 bits per heavy atom. The highest BCUT2D eigenvalue weighted by molar-refractivity contribution is 7.20. The predicted molar refractivity (Wildman–Crippen MR) is 136 cm³/mol. The number of ether oxygens (including phenoxy) is 2. The third-order valence-electron chi connectivity index (χ3n) is 6.31. The van der Waals surface area contributed by atoms with E-state index in [0.717, 1.165) is 17.8 Å². The van der Waals surface area contributed by atoms with Crippen LogP contribution >= 0.6 is 11.3 Å². The Kier molecular flexibility index (Phi) is 7.11. The van der Waals surface area contributed by atoms with Gasteiger partial charge in [0, 0.05) is 19.2 Å². The van der Waals surface area contributed by atoms with Gasteiger partial charge in [0.25, 0.3) is 11.5 Å². The number of fused-ring (bicyclic) bond motifs is 1. The molecule has 3 heterocycles. The average molecular weight is 499 g/mol. The van der Waals surface area contributed by atoms with Crippen molar-refractivity contribution < 1.29 is 19.1 Å². The lowest BCUT2D eigenvalue weighted by atomic mass is 9.92. The van der Waals surface area contributed by atoms with E-state index in [4.69, 9.17) is 9.47 Å². The molecule has 2 amide bonds. The molecular weight excluding hydrogens is 468 g/mol. The summed E-state index contributed by atoms with van der Waals surface area (Å²) in [5.74, 6) is 1.47. The van der Waals surface area contributed by atoms with E-state index in [0.29, 0.717) is 62.8 Å². The first-order valence-electron chi connectivity index (χ1n) is 11.5. The summed E-state index contributed by atoms with van der Waals surface area (Å²) in [6, 6.07) is 5.09. The fourth-order valence-corrected chi connectivity index (χ4v) is 5.72. The van der Waals surface area contributed by atoms with Gasteiger partial charge < -0.3 is 19.7 Å². The zero-order valence-corrected chi connectivity index (χ0v) is 21.4. The third kappa shape index (κ3) is 5.02. The van der Waals surface area contributed by atoms with Crippen LogP contribution in [0.15, 0.2) is 29.3 Å². The third-order valence-corrected chi connectivity index (χ3v) is 7.51. The topological polar surface area (TPSA) is 103 Å². The first-order chi connectivity index (χ1) is 16.7. The fourth-order valence-electron chi connectivity index (χ4n) is 4.68. The maximum atomic E-state index is 13.3. The molecule has 0 radical (unpaired) electrons. The summed E-state index contributed by atoms with van der Waals surface area (Å²) >= 11 is 1.15. The molecule has 0 aliphatic carbocycles. The van der Waals surface area contributed by atoms with Gasteiger partial charge in [0.15, 0.2) is 0 Å².